The molecule has 2 unspecified atom stereocenters. The Morgan fingerprint density at radius 2 is 2.29 bits per heavy atom. The lowest BCUT2D eigenvalue weighted by Gasteiger charge is -2.20. The van der Waals surface area contributed by atoms with E-state index < -0.39 is 0 Å². The molecule has 0 aliphatic rings. The van der Waals surface area contributed by atoms with Gasteiger partial charge in [0.25, 0.3) is 0 Å². The maximum absolute atomic E-state index is 5.79. The highest BCUT2D eigenvalue weighted by molar-refractivity contribution is 9.10. The molecular weight excluding hydrogens is 263 g/mol. The number of anilines is 1. The fraction of sp³-hybridized carbons (Fsp3) is 0.500. The summed E-state index contributed by atoms with van der Waals surface area (Å²) in [6.45, 7) is 4.25. The van der Waals surface area contributed by atoms with Crippen molar-refractivity contribution in [3.8, 4) is 0 Å². The summed E-state index contributed by atoms with van der Waals surface area (Å²) in [7, 11) is 0. The van der Waals surface area contributed by atoms with Crippen molar-refractivity contribution in [2.45, 2.75) is 19.9 Å². The number of pyridine rings is 1. The maximum Gasteiger partial charge on any atom is 0.0590 e. The van der Waals surface area contributed by atoms with Crippen molar-refractivity contribution in [1.82, 2.24) is 4.98 Å². The molecule has 0 radical (unpaired) electrons. The minimum Gasteiger partial charge on any atom is -0.381 e. The van der Waals surface area contributed by atoms with Gasteiger partial charge in [-0.2, -0.15) is 0 Å². The van der Waals surface area contributed by atoms with Crippen LogP contribution in [0, 0.1) is 5.92 Å². The summed E-state index contributed by atoms with van der Waals surface area (Å²) >= 11 is 9.23. The zero-order valence-electron chi connectivity index (χ0n) is 8.30. The molecule has 1 N–H and O–H groups in total. The van der Waals surface area contributed by atoms with Crippen molar-refractivity contribution in [3.05, 3.63) is 22.9 Å². The summed E-state index contributed by atoms with van der Waals surface area (Å²) in [5, 5.41) is 3.39. The van der Waals surface area contributed by atoms with Crippen LogP contribution in [-0.2, 0) is 0 Å². The standard InChI is InChI=1S/C10H14BrClN2/c1-7(5-12)8(2)14-10-3-4-13-6-9(10)11/h3-4,6-8H,5H2,1-2H3,(H,13,14). The third-order valence-corrected chi connectivity index (χ3v) is 3.37. The van der Waals surface area contributed by atoms with E-state index in [0.29, 0.717) is 17.8 Å². The van der Waals surface area contributed by atoms with Crippen LogP contribution in [0.2, 0.25) is 0 Å². The Bertz CT molecular complexity index is 293. The van der Waals surface area contributed by atoms with Crippen molar-refractivity contribution >= 4 is 33.2 Å². The van der Waals surface area contributed by atoms with Gasteiger partial charge in [-0.05, 0) is 34.8 Å². The lowest BCUT2D eigenvalue weighted by molar-refractivity contribution is 0.566. The zero-order valence-corrected chi connectivity index (χ0v) is 10.6. The molecule has 4 heteroatoms. The molecule has 0 aliphatic heterocycles. The summed E-state index contributed by atoms with van der Waals surface area (Å²) in [4.78, 5) is 4.00. The van der Waals surface area contributed by atoms with Gasteiger partial charge in [-0.25, -0.2) is 0 Å². The molecule has 0 fully saturated rings. The second-order valence-corrected chi connectivity index (χ2v) is 4.58. The minimum atomic E-state index is 0.353. The fourth-order valence-electron chi connectivity index (χ4n) is 1.01. The van der Waals surface area contributed by atoms with Gasteiger partial charge in [-0.15, -0.1) is 11.6 Å². The van der Waals surface area contributed by atoms with Gasteiger partial charge in [0.2, 0.25) is 0 Å². The van der Waals surface area contributed by atoms with Crippen LogP contribution >= 0.6 is 27.5 Å². The Hall–Kier alpha value is -0.280. The van der Waals surface area contributed by atoms with Crippen LogP contribution in [0.1, 0.15) is 13.8 Å². The molecule has 14 heavy (non-hydrogen) atoms. The first kappa shape index (κ1) is 11.8. The SMILES string of the molecule is CC(CCl)C(C)Nc1ccncc1Br. The zero-order chi connectivity index (χ0) is 10.6. The molecule has 2 atom stereocenters. The van der Waals surface area contributed by atoms with E-state index in [1.165, 1.54) is 0 Å². The van der Waals surface area contributed by atoms with Crippen LogP contribution in [0.4, 0.5) is 5.69 Å². The average molecular weight is 278 g/mol. The topological polar surface area (TPSA) is 24.9 Å². The maximum atomic E-state index is 5.79. The molecule has 0 aliphatic carbocycles. The summed E-state index contributed by atoms with van der Waals surface area (Å²) in [6, 6.07) is 2.30. The van der Waals surface area contributed by atoms with Gasteiger partial charge in [0.05, 0.1) is 10.2 Å². The number of alkyl halides is 1. The van der Waals surface area contributed by atoms with Gasteiger partial charge in [-0.3, -0.25) is 4.98 Å². The lowest BCUT2D eigenvalue weighted by atomic mass is 10.1. The number of nitrogens with one attached hydrogen (secondary N) is 1. The Kier molecular flexibility index (Phi) is 4.69. The van der Waals surface area contributed by atoms with Crippen LogP contribution in [0.5, 0.6) is 0 Å². The summed E-state index contributed by atoms with van der Waals surface area (Å²) in [6.07, 6.45) is 3.55. The van der Waals surface area contributed by atoms with Crippen LogP contribution < -0.4 is 5.32 Å². The average Bonchev–Trinajstić information content (AvgIpc) is 2.20. The number of halogens is 2. The Morgan fingerprint density at radius 3 is 2.86 bits per heavy atom. The lowest BCUT2D eigenvalue weighted by Crippen LogP contribution is -2.24. The normalized spacial score (nSPS) is 14.9. The van der Waals surface area contributed by atoms with Gasteiger partial charge in [0.1, 0.15) is 0 Å². The smallest absolute Gasteiger partial charge is 0.0590 e. The van der Waals surface area contributed by atoms with Crippen molar-refractivity contribution in [1.29, 1.82) is 0 Å². The third kappa shape index (κ3) is 3.14. The van der Waals surface area contributed by atoms with Gasteiger partial charge in [0, 0.05) is 24.3 Å². The molecule has 1 rings (SSSR count). The molecular formula is C10H14BrClN2. The molecule has 1 aromatic rings. The van der Waals surface area contributed by atoms with E-state index >= 15 is 0 Å². The number of rotatable bonds is 4. The first-order chi connectivity index (χ1) is 6.65. The molecule has 2 nitrogen and oxygen atoms in total. The molecule has 0 saturated heterocycles. The summed E-state index contributed by atoms with van der Waals surface area (Å²) in [5.74, 6) is 1.10. The summed E-state index contributed by atoms with van der Waals surface area (Å²) < 4.78 is 0.980. The monoisotopic (exact) mass is 276 g/mol. The van der Waals surface area contributed by atoms with Crippen molar-refractivity contribution in [3.63, 3.8) is 0 Å². The highest BCUT2D eigenvalue weighted by atomic mass is 79.9. The van der Waals surface area contributed by atoms with Crippen LogP contribution in [0.25, 0.3) is 0 Å². The van der Waals surface area contributed by atoms with E-state index in [4.69, 9.17) is 11.6 Å². The molecule has 1 heterocycles. The van der Waals surface area contributed by atoms with Gasteiger partial charge >= 0.3 is 0 Å². The van der Waals surface area contributed by atoms with E-state index in [9.17, 15) is 0 Å². The number of nitrogens with zero attached hydrogens (tertiary/aromatic N) is 1. The van der Waals surface area contributed by atoms with Crippen LogP contribution in [0.3, 0.4) is 0 Å². The predicted molar refractivity (Wildman–Crippen MR) is 64.9 cm³/mol. The van der Waals surface area contributed by atoms with Crippen molar-refractivity contribution in [2.75, 3.05) is 11.2 Å². The van der Waals surface area contributed by atoms with E-state index in [1.807, 2.05) is 6.07 Å². The number of hydrogen-bond acceptors (Lipinski definition) is 2. The molecule has 0 bridgehead atoms. The first-order valence-electron chi connectivity index (χ1n) is 4.57. The molecule has 0 spiro atoms. The van der Waals surface area contributed by atoms with Gasteiger partial charge in [-0.1, -0.05) is 6.92 Å². The Morgan fingerprint density at radius 1 is 1.57 bits per heavy atom. The largest absolute Gasteiger partial charge is 0.381 e. The van der Waals surface area contributed by atoms with Gasteiger partial charge < -0.3 is 5.32 Å². The van der Waals surface area contributed by atoms with Crippen LogP contribution in [-0.4, -0.2) is 16.9 Å². The molecule has 1 aromatic heterocycles. The predicted octanol–water partition coefficient (Wildman–Crippen LogP) is 3.52. The highest BCUT2D eigenvalue weighted by Crippen LogP contribution is 2.22. The second-order valence-electron chi connectivity index (χ2n) is 3.42. The highest BCUT2D eigenvalue weighted by Gasteiger charge is 2.11. The number of aromatic nitrogens is 1. The Balaban J connectivity index is 2.64. The molecule has 0 aromatic carbocycles. The minimum absolute atomic E-state index is 0.353. The number of hydrogen-bond donors (Lipinski definition) is 1. The van der Waals surface area contributed by atoms with Gasteiger partial charge in [0.15, 0.2) is 0 Å². The van der Waals surface area contributed by atoms with E-state index in [1.54, 1.807) is 12.4 Å². The summed E-state index contributed by atoms with van der Waals surface area (Å²) in [5.41, 5.74) is 1.06. The third-order valence-electron chi connectivity index (χ3n) is 2.25. The first-order valence-corrected chi connectivity index (χ1v) is 5.90. The molecule has 78 valence electrons. The van der Waals surface area contributed by atoms with E-state index in [0.717, 1.165) is 10.2 Å². The van der Waals surface area contributed by atoms with Crippen molar-refractivity contribution in [2.24, 2.45) is 5.92 Å². The quantitative estimate of drug-likeness (QED) is 0.852. The van der Waals surface area contributed by atoms with Crippen LogP contribution in [0.15, 0.2) is 22.9 Å². The van der Waals surface area contributed by atoms with E-state index in [-0.39, 0.29) is 0 Å². The van der Waals surface area contributed by atoms with E-state index in [2.05, 4.69) is 40.1 Å². The molecule has 0 amide bonds. The fourth-order valence-corrected chi connectivity index (χ4v) is 1.65. The molecule has 0 saturated carbocycles. The second kappa shape index (κ2) is 5.56. The van der Waals surface area contributed by atoms with Crippen molar-refractivity contribution < 1.29 is 0 Å². The Labute approximate surface area is 98.2 Å².